The van der Waals surface area contributed by atoms with E-state index in [4.69, 9.17) is 0 Å². The SMILES string of the molecule is CC(CBr)Cc1nc2ccccc2s1. The van der Waals surface area contributed by atoms with E-state index in [1.54, 1.807) is 0 Å². The van der Waals surface area contributed by atoms with E-state index in [0.717, 1.165) is 17.3 Å². The van der Waals surface area contributed by atoms with Crippen LogP contribution in [0.2, 0.25) is 0 Å². The molecule has 3 heteroatoms. The lowest BCUT2D eigenvalue weighted by Gasteiger charge is -2.02. The molecule has 14 heavy (non-hydrogen) atoms. The summed E-state index contributed by atoms with van der Waals surface area (Å²) in [6.45, 7) is 2.24. The highest BCUT2D eigenvalue weighted by Crippen LogP contribution is 2.23. The first-order valence-corrected chi connectivity index (χ1v) is 6.64. The summed E-state index contributed by atoms with van der Waals surface area (Å²) in [4.78, 5) is 4.60. The number of fused-ring (bicyclic) bond motifs is 1. The van der Waals surface area contributed by atoms with E-state index >= 15 is 0 Å². The zero-order valence-electron chi connectivity index (χ0n) is 8.03. The summed E-state index contributed by atoms with van der Waals surface area (Å²) in [5, 5.41) is 2.29. The molecular formula is C11H12BrNS. The lowest BCUT2D eigenvalue weighted by molar-refractivity contribution is 0.661. The first kappa shape index (κ1) is 10.1. The Bertz CT molecular complexity index is 391. The third kappa shape index (κ3) is 2.15. The molecule has 2 aromatic rings. The number of nitrogens with zero attached hydrogens (tertiary/aromatic N) is 1. The van der Waals surface area contributed by atoms with Crippen LogP contribution < -0.4 is 0 Å². The fraction of sp³-hybridized carbons (Fsp3) is 0.364. The average Bonchev–Trinajstić information content (AvgIpc) is 2.59. The van der Waals surface area contributed by atoms with Gasteiger partial charge in [-0.2, -0.15) is 0 Å². The predicted octanol–water partition coefficient (Wildman–Crippen LogP) is 3.87. The topological polar surface area (TPSA) is 12.9 Å². The summed E-state index contributed by atoms with van der Waals surface area (Å²) in [6.07, 6.45) is 1.07. The van der Waals surface area contributed by atoms with Gasteiger partial charge in [0.2, 0.25) is 0 Å². The Kier molecular flexibility index (Phi) is 3.19. The van der Waals surface area contributed by atoms with E-state index in [2.05, 4.69) is 46.0 Å². The summed E-state index contributed by atoms with van der Waals surface area (Å²) in [6, 6.07) is 8.32. The monoisotopic (exact) mass is 269 g/mol. The van der Waals surface area contributed by atoms with E-state index < -0.39 is 0 Å². The van der Waals surface area contributed by atoms with Gasteiger partial charge in [0.15, 0.2) is 0 Å². The van der Waals surface area contributed by atoms with Crippen molar-refractivity contribution in [3.05, 3.63) is 29.3 Å². The van der Waals surface area contributed by atoms with Crippen molar-refractivity contribution < 1.29 is 0 Å². The van der Waals surface area contributed by atoms with Gasteiger partial charge in [-0.1, -0.05) is 35.0 Å². The van der Waals surface area contributed by atoms with Gasteiger partial charge in [0.05, 0.1) is 15.2 Å². The van der Waals surface area contributed by atoms with Crippen molar-refractivity contribution in [1.82, 2.24) is 4.98 Å². The molecule has 0 saturated heterocycles. The molecule has 0 amide bonds. The Morgan fingerprint density at radius 2 is 2.21 bits per heavy atom. The van der Waals surface area contributed by atoms with Gasteiger partial charge in [-0.25, -0.2) is 4.98 Å². The number of thiazole rings is 1. The van der Waals surface area contributed by atoms with Crippen molar-refractivity contribution in [1.29, 1.82) is 0 Å². The van der Waals surface area contributed by atoms with Gasteiger partial charge in [0.25, 0.3) is 0 Å². The molecule has 74 valence electrons. The zero-order valence-corrected chi connectivity index (χ0v) is 10.4. The number of halogens is 1. The number of rotatable bonds is 3. The third-order valence-electron chi connectivity index (χ3n) is 2.12. The average molecular weight is 270 g/mol. The Hall–Kier alpha value is -0.410. The minimum atomic E-state index is 0.663. The zero-order chi connectivity index (χ0) is 9.97. The van der Waals surface area contributed by atoms with Gasteiger partial charge in [-0.15, -0.1) is 11.3 Å². The second kappa shape index (κ2) is 4.41. The molecule has 1 aromatic heterocycles. The van der Waals surface area contributed by atoms with Crippen molar-refractivity contribution in [2.24, 2.45) is 5.92 Å². The van der Waals surface area contributed by atoms with Gasteiger partial charge >= 0.3 is 0 Å². The molecule has 1 unspecified atom stereocenters. The summed E-state index contributed by atoms with van der Waals surface area (Å²) in [5.74, 6) is 0.663. The van der Waals surface area contributed by atoms with Crippen LogP contribution in [0.4, 0.5) is 0 Å². The number of hydrogen-bond donors (Lipinski definition) is 0. The second-order valence-corrected chi connectivity index (χ2v) is 5.30. The van der Waals surface area contributed by atoms with Crippen LogP contribution >= 0.6 is 27.3 Å². The van der Waals surface area contributed by atoms with Crippen LogP contribution in [0, 0.1) is 5.92 Å². The maximum absolute atomic E-state index is 4.60. The van der Waals surface area contributed by atoms with Crippen molar-refractivity contribution >= 4 is 37.5 Å². The van der Waals surface area contributed by atoms with Crippen LogP contribution in [-0.4, -0.2) is 10.3 Å². The van der Waals surface area contributed by atoms with Crippen LogP contribution in [0.1, 0.15) is 11.9 Å². The summed E-state index contributed by atoms with van der Waals surface area (Å²) in [7, 11) is 0. The highest BCUT2D eigenvalue weighted by atomic mass is 79.9. The molecule has 0 aliphatic rings. The van der Waals surface area contributed by atoms with Crippen molar-refractivity contribution in [3.63, 3.8) is 0 Å². The van der Waals surface area contributed by atoms with Crippen LogP contribution in [0.5, 0.6) is 0 Å². The molecule has 1 atom stereocenters. The maximum atomic E-state index is 4.60. The van der Waals surface area contributed by atoms with Crippen molar-refractivity contribution in [2.45, 2.75) is 13.3 Å². The molecular weight excluding hydrogens is 258 g/mol. The molecule has 0 saturated carbocycles. The van der Waals surface area contributed by atoms with E-state index in [-0.39, 0.29) is 0 Å². The minimum absolute atomic E-state index is 0.663. The number of benzene rings is 1. The van der Waals surface area contributed by atoms with E-state index in [0.29, 0.717) is 5.92 Å². The van der Waals surface area contributed by atoms with Crippen LogP contribution in [0.15, 0.2) is 24.3 Å². The quantitative estimate of drug-likeness (QED) is 0.771. The van der Waals surface area contributed by atoms with E-state index in [9.17, 15) is 0 Å². The molecule has 1 heterocycles. The summed E-state index contributed by atoms with van der Waals surface area (Å²) < 4.78 is 1.30. The molecule has 1 aromatic carbocycles. The molecule has 0 bridgehead atoms. The van der Waals surface area contributed by atoms with Gasteiger partial charge in [-0.05, 0) is 18.1 Å². The standard InChI is InChI=1S/C11H12BrNS/c1-8(7-12)6-11-13-9-4-2-3-5-10(9)14-11/h2-5,8H,6-7H2,1H3. The smallest absolute Gasteiger partial charge is 0.0941 e. The Labute approximate surface area is 96.3 Å². The van der Waals surface area contributed by atoms with Gasteiger partial charge in [0.1, 0.15) is 0 Å². The van der Waals surface area contributed by atoms with Crippen LogP contribution in [0.25, 0.3) is 10.2 Å². The van der Waals surface area contributed by atoms with E-state index in [1.807, 2.05) is 17.4 Å². The molecule has 0 radical (unpaired) electrons. The molecule has 0 N–H and O–H groups in total. The lowest BCUT2D eigenvalue weighted by atomic mass is 10.1. The fourth-order valence-electron chi connectivity index (χ4n) is 1.36. The highest BCUT2D eigenvalue weighted by Gasteiger charge is 2.06. The first-order valence-electron chi connectivity index (χ1n) is 4.70. The number of alkyl halides is 1. The largest absolute Gasteiger partial charge is 0.241 e. The lowest BCUT2D eigenvalue weighted by Crippen LogP contribution is -1.99. The predicted molar refractivity (Wildman–Crippen MR) is 66.3 cm³/mol. The number of hydrogen-bond acceptors (Lipinski definition) is 2. The molecule has 1 nitrogen and oxygen atoms in total. The van der Waals surface area contributed by atoms with Gasteiger partial charge < -0.3 is 0 Å². The van der Waals surface area contributed by atoms with Crippen molar-refractivity contribution in [3.8, 4) is 0 Å². The van der Waals surface area contributed by atoms with E-state index in [1.165, 1.54) is 9.71 Å². The maximum Gasteiger partial charge on any atom is 0.0941 e. The first-order chi connectivity index (χ1) is 6.79. The number of aromatic nitrogens is 1. The second-order valence-electron chi connectivity index (χ2n) is 3.54. The third-order valence-corrected chi connectivity index (χ3v) is 4.29. The van der Waals surface area contributed by atoms with Crippen molar-refractivity contribution in [2.75, 3.05) is 5.33 Å². The molecule has 0 aliphatic heterocycles. The molecule has 0 aliphatic carbocycles. The van der Waals surface area contributed by atoms with Gasteiger partial charge in [0, 0.05) is 11.8 Å². The summed E-state index contributed by atoms with van der Waals surface area (Å²) in [5.41, 5.74) is 1.13. The molecule has 0 spiro atoms. The normalized spacial score (nSPS) is 13.3. The van der Waals surface area contributed by atoms with Crippen LogP contribution in [0.3, 0.4) is 0 Å². The molecule has 0 fully saturated rings. The summed E-state index contributed by atoms with van der Waals surface area (Å²) >= 11 is 5.30. The Morgan fingerprint density at radius 1 is 1.43 bits per heavy atom. The number of para-hydroxylation sites is 1. The van der Waals surface area contributed by atoms with Crippen LogP contribution in [-0.2, 0) is 6.42 Å². The Morgan fingerprint density at radius 3 is 2.93 bits per heavy atom. The Balaban J connectivity index is 2.27. The highest BCUT2D eigenvalue weighted by molar-refractivity contribution is 9.09. The van der Waals surface area contributed by atoms with Gasteiger partial charge in [-0.3, -0.25) is 0 Å². The molecule has 2 rings (SSSR count). The fourth-order valence-corrected chi connectivity index (χ4v) is 2.72. The minimum Gasteiger partial charge on any atom is -0.241 e.